The van der Waals surface area contributed by atoms with Gasteiger partial charge in [0.15, 0.2) is 0 Å². The second-order valence-corrected chi connectivity index (χ2v) is 7.89. The van der Waals surface area contributed by atoms with Crippen LogP contribution in [-0.2, 0) is 14.4 Å². The predicted octanol–water partition coefficient (Wildman–Crippen LogP) is 1.63. The van der Waals surface area contributed by atoms with Crippen molar-refractivity contribution in [2.75, 3.05) is 45.1 Å². The van der Waals surface area contributed by atoms with Crippen LogP contribution in [0.5, 0.6) is 0 Å². The van der Waals surface area contributed by atoms with Crippen LogP contribution in [0.4, 0.5) is 5.69 Å². The van der Waals surface area contributed by atoms with Gasteiger partial charge in [0.1, 0.15) is 5.70 Å². The maximum atomic E-state index is 13.2. The second kappa shape index (κ2) is 8.14. The average molecular weight is 384 g/mol. The molecule has 7 heteroatoms. The lowest BCUT2D eigenvalue weighted by Crippen LogP contribution is -2.46. The van der Waals surface area contributed by atoms with E-state index in [2.05, 4.69) is 17.3 Å². The Morgan fingerprint density at radius 2 is 1.64 bits per heavy atom. The lowest BCUT2D eigenvalue weighted by atomic mass is 10.0. The highest BCUT2D eigenvalue weighted by atomic mass is 16.2. The highest BCUT2D eigenvalue weighted by molar-refractivity contribution is 6.35. The van der Waals surface area contributed by atoms with Gasteiger partial charge in [-0.05, 0) is 30.7 Å². The minimum Gasteiger partial charge on any atom is -0.364 e. The number of rotatable bonds is 5. The zero-order chi connectivity index (χ0) is 20.4. The van der Waals surface area contributed by atoms with E-state index in [9.17, 15) is 14.4 Å². The van der Waals surface area contributed by atoms with Crippen LogP contribution in [0.2, 0.25) is 0 Å². The van der Waals surface area contributed by atoms with Gasteiger partial charge in [-0.2, -0.15) is 0 Å². The van der Waals surface area contributed by atoms with Crippen LogP contribution >= 0.6 is 0 Å². The van der Waals surface area contributed by atoms with Gasteiger partial charge in [0.2, 0.25) is 5.91 Å². The van der Waals surface area contributed by atoms with Crippen LogP contribution in [0, 0.1) is 5.92 Å². The highest BCUT2D eigenvalue weighted by Gasteiger charge is 2.42. The second-order valence-electron chi connectivity index (χ2n) is 7.89. The van der Waals surface area contributed by atoms with Crippen LogP contribution < -0.4 is 5.32 Å². The molecular formula is C21H28N4O3. The molecule has 0 saturated carbocycles. The lowest BCUT2D eigenvalue weighted by Gasteiger charge is -2.34. The van der Waals surface area contributed by atoms with Crippen LogP contribution in [0.3, 0.4) is 0 Å². The summed E-state index contributed by atoms with van der Waals surface area (Å²) in [5.41, 5.74) is 2.33. The van der Waals surface area contributed by atoms with Crippen molar-refractivity contribution in [3.8, 4) is 0 Å². The zero-order valence-corrected chi connectivity index (χ0v) is 17.0. The number of carbonyl (C=O) groups is 3. The van der Waals surface area contributed by atoms with E-state index in [0.717, 1.165) is 13.1 Å². The minimum absolute atomic E-state index is 0.152. The Hall–Kier alpha value is -2.67. The molecule has 0 radical (unpaired) electrons. The molecule has 2 heterocycles. The number of imide groups is 1. The monoisotopic (exact) mass is 384 g/mol. The van der Waals surface area contributed by atoms with Crippen LogP contribution in [-0.4, -0.2) is 72.2 Å². The fourth-order valence-corrected chi connectivity index (χ4v) is 3.60. The van der Waals surface area contributed by atoms with Gasteiger partial charge in [0.25, 0.3) is 11.8 Å². The molecule has 0 unspecified atom stereocenters. The van der Waals surface area contributed by atoms with Crippen molar-refractivity contribution in [1.29, 1.82) is 0 Å². The summed E-state index contributed by atoms with van der Waals surface area (Å²) in [6, 6.07) is 7.10. The van der Waals surface area contributed by atoms with Gasteiger partial charge in [0, 0.05) is 45.3 Å². The molecule has 0 aromatic heterocycles. The van der Waals surface area contributed by atoms with Gasteiger partial charge in [-0.1, -0.05) is 26.0 Å². The van der Waals surface area contributed by atoms with E-state index in [4.69, 9.17) is 0 Å². The summed E-state index contributed by atoms with van der Waals surface area (Å²) in [5.74, 6) is -0.396. The van der Waals surface area contributed by atoms with Crippen molar-refractivity contribution in [3.05, 3.63) is 35.5 Å². The topological polar surface area (TPSA) is 73.0 Å². The number of nitrogens with zero attached hydrogens (tertiary/aromatic N) is 3. The van der Waals surface area contributed by atoms with Gasteiger partial charge >= 0.3 is 0 Å². The van der Waals surface area contributed by atoms with Crippen LogP contribution in [0.25, 0.3) is 5.57 Å². The highest BCUT2D eigenvalue weighted by Crippen LogP contribution is 2.33. The first-order valence-electron chi connectivity index (χ1n) is 9.70. The fourth-order valence-electron chi connectivity index (χ4n) is 3.60. The molecule has 0 bridgehead atoms. The summed E-state index contributed by atoms with van der Waals surface area (Å²) in [5, 5.41) is 2.72. The molecule has 0 aliphatic carbocycles. The maximum absolute atomic E-state index is 13.2. The van der Waals surface area contributed by atoms with E-state index in [1.54, 1.807) is 24.3 Å². The molecule has 0 atom stereocenters. The fraction of sp³-hybridized carbons (Fsp3) is 0.476. The van der Waals surface area contributed by atoms with E-state index in [0.29, 0.717) is 42.2 Å². The Morgan fingerprint density at radius 3 is 2.18 bits per heavy atom. The number of hydrogen-bond acceptors (Lipinski definition) is 5. The molecule has 3 rings (SSSR count). The number of benzene rings is 1. The Labute approximate surface area is 166 Å². The van der Waals surface area contributed by atoms with E-state index in [1.165, 1.54) is 11.8 Å². The minimum atomic E-state index is -0.236. The summed E-state index contributed by atoms with van der Waals surface area (Å²) >= 11 is 0. The summed E-state index contributed by atoms with van der Waals surface area (Å²) in [6.45, 7) is 8.98. The number of carbonyl (C=O) groups excluding carboxylic acids is 3. The Kier molecular flexibility index (Phi) is 5.84. The quantitative estimate of drug-likeness (QED) is 0.781. The smallest absolute Gasteiger partial charge is 0.277 e. The molecule has 1 aromatic rings. The average Bonchev–Trinajstić information content (AvgIpc) is 2.87. The number of likely N-dealkylation sites (N-methyl/N-ethyl adjacent to an activating group) is 1. The first-order valence-corrected chi connectivity index (χ1v) is 9.70. The number of amides is 3. The molecule has 7 nitrogen and oxygen atoms in total. The molecular weight excluding hydrogens is 356 g/mol. The third kappa shape index (κ3) is 4.09. The number of hydrogen-bond donors (Lipinski definition) is 1. The SMILES string of the molecule is CC(=O)Nc1ccc(C2=C(N3CCN(C)CC3)C(=O)N(CC(C)C)C2=O)cc1. The van der Waals surface area contributed by atoms with Crippen LogP contribution in [0.1, 0.15) is 26.3 Å². The normalized spacial score (nSPS) is 18.5. The number of piperazine rings is 1. The maximum Gasteiger partial charge on any atom is 0.277 e. The Balaban J connectivity index is 1.99. The molecule has 1 saturated heterocycles. The van der Waals surface area contributed by atoms with Crippen molar-refractivity contribution >= 4 is 29.0 Å². The molecule has 28 heavy (non-hydrogen) atoms. The molecule has 2 aliphatic rings. The molecule has 2 aliphatic heterocycles. The van der Waals surface area contributed by atoms with Crippen molar-refractivity contribution in [3.63, 3.8) is 0 Å². The van der Waals surface area contributed by atoms with E-state index >= 15 is 0 Å². The Bertz CT molecular complexity index is 805. The van der Waals surface area contributed by atoms with Crippen LogP contribution in [0.15, 0.2) is 30.0 Å². The van der Waals surface area contributed by atoms with Gasteiger partial charge in [-0.15, -0.1) is 0 Å². The summed E-state index contributed by atoms with van der Waals surface area (Å²) in [4.78, 5) is 43.2. The van der Waals surface area contributed by atoms with E-state index < -0.39 is 0 Å². The van der Waals surface area contributed by atoms with E-state index in [-0.39, 0.29) is 23.6 Å². The zero-order valence-electron chi connectivity index (χ0n) is 17.0. The summed E-state index contributed by atoms with van der Waals surface area (Å²) in [7, 11) is 2.06. The number of anilines is 1. The van der Waals surface area contributed by atoms with Crippen molar-refractivity contribution in [2.45, 2.75) is 20.8 Å². The molecule has 1 aromatic carbocycles. The third-order valence-electron chi connectivity index (χ3n) is 5.00. The van der Waals surface area contributed by atoms with Crippen molar-refractivity contribution in [1.82, 2.24) is 14.7 Å². The standard InChI is InChI=1S/C21H28N4O3/c1-14(2)13-25-20(27)18(16-5-7-17(8-6-16)22-15(3)26)19(21(25)28)24-11-9-23(4)10-12-24/h5-8,14H,9-13H2,1-4H3,(H,22,26). The molecule has 150 valence electrons. The molecule has 0 spiro atoms. The molecule has 1 fully saturated rings. The van der Waals surface area contributed by atoms with Gasteiger partial charge in [-0.25, -0.2) is 0 Å². The predicted molar refractivity (Wildman–Crippen MR) is 108 cm³/mol. The summed E-state index contributed by atoms with van der Waals surface area (Å²) < 4.78 is 0. The summed E-state index contributed by atoms with van der Waals surface area (Å²) in [6.07, 6.45) is 0. The van der Waals surface area contributed by atoms with Gasteiger partial charge < -0.3 is 15.1 Å². The van der Waals surface area contributed by atoms with Gasteiger partial charge in [-0.3, -0.25) is 19.3 Å². The Morgan fingerprint density at radius 1 is 1.04 bits per heavy atom. The largest absolute Gasteiger partial charge is 0.364 e. The lowest BCUT2D eigenvalue weighted by molar-refractivity contribution is -0.138. The first kappa shape index (κ1) is 20.1. The van der Waals surface area contributed by atoms with Gasteiger partial charge in [0.05, 0.1) is 5.57 Å². The molecule has 1 N–H and O–H groups in total. The van der Waals surface area contributed by atoms with E-state index in [1.807, 2.05) is 18.7 Å². The van der Waals surface area contributed by atoms with Crippen molar-refractivity contribution in [2.24, 2.45) is 5.92 Å². The number of nitrogens with one attached hydrogen (secondary N) is 1. The van der Waals surface area contributed by atoms with Crippen molar-refractivity contribution < 1.29 is 14.4 Å². The third-order valence-corrected chi connectivity index (χ3v) is 5.00. The first-order chi connectivity index (χ1) is 13.3. The molecule has 3 amide bonds.